The third kappa shape index (κ3) is 13.9. The maximum Gasteiger partial charge on any atom is 0.412 e. The molecular formula is C36H53N3O11. The van der Waals surface area contributed by atoms with Crippen molar-refractivity contribution >= 4 is 35.5 Å². The zero-order chi connectivity index (χ0) is 36.9. The van der Waals surface area contributed by atoms with Gasteiger partial charge in [-0.1, -0.05) is 57.0 Å². The summed E-state index contributed by atoms with van der Waals surface area (Å²) < 4.78 is 28.8. The van der Waals surface area contributed by atoms with E-state index in [9.17, 15) is 29.1 Å². The Labute approximate surface area is 294 Å². The molecule has 0 spiro atoms. The number of rotatable bonds is 22. The Bertz CT molecular complexity index is 1240. The third-order valence-corrected chi connectivity index (χ3v) is 7.91. The molecule has 4 N–H and O–H groups in total. The summed E-state index contributed by atoms with van der Waals surface area (Å²) in [5.74, 6) is -4.43. The van der Waals surface area contributed by atoms with Crippen LogP contribution in [0.15, 0.2) is 55.6 Å². The van der Waals surface area contributed by atoms with Gasteiger partial charge in [0.15, 0.2) is 24.6 Å². The molecule has 50 heavy (non-hydrogen) atoms. The lowest BCUT2D eigenvalue weighted by atomic mass is 9.96. The van der Waals surface area contributed by atoms with E-state index in [0.717, 1.165) is 25.7 Å². The molecule has 7 atom stereocenters. The Balaban J connectivity index is 2.46. The summed E-state index contributed by atoms with van der Waals surface area (Å²) in [6, 6.07) is 8.39. The molecule has 1 fully saturated rings. The van der Waals surface area contributed by atoms with Crippen LogP contribution in [-0.2, 0) is 42.9 Å². The van der Waals surface area contributed by atoms with Crippen molar-refractivity contribution in [3.8, 4) is 0 Å². The molecule has 0 saturated carbocycles. The predicted octanol–water partition coefficient (Wildman–Crippen LogP) is 3.79. The van der Waals surface area contributed by atoms with Crippen molar-refractivity contribution < 1.29 is 52.8 Å². The molecule has 1 aromatic rings. The van der Waals surface area contributed by atoms with Gasteiger partial charge in [-0.05, 0) is 37.8 Å². The summed E-state index contributed by atoms with van der Waals surface area (Å²) in [5, 5.41) is 18.4. The summed E-state index contributed by atoms with van der Waals surface area (Å²) in [6.45, 7) is 11.5. The molecule has 1 heterocycles. The Morgan fingerprint density at radius 1 is 0.820 bits per heavy atom. The van der Waals surface area contributed by atoms with Gasteiger partial charge in [-0.2, -0.15) is 0 Å². The molecule has 1 aliphatic heterocycles. The number of esters is 2. The van der Waals surface area contributed by atoms with Gasteiger partial charge < -0.3 is 39.4 Å². The highest BCUT2D eigenvalue weighted by atomic mass is 16.7. The Morgan fingerprint density at radius 3 is 1.80 bits per heavy atom. The average molecular weight is 704 g/mol. The molecule has 14 heteroatoms. The molecule has 1 aromatic carbocycles. The van der Waals surface area contributed by atoms with E-state index in [1.54, 1.807) is 30.3 Å². The van der Waals surface area contributed by atoms with Gasteiger partial charge >= 0.3 is 18.0 Å². The first kappa shape index (κ1) is 41.9. The number of carbonyl (C=O) groups excluding carboxylic acids is 5. The molecule has 1 saturated heterocycles. The zero-order valence-electron chi connectivity index (χ0n) is 29.3. The minimum absolute atomic E-state index is 0.0689. The second-order valence-corrected chi connectivity index (χ2v) is 11.9. The number of nitrogens with one attached hydrogen (secondary N) is 3. The van der Waals surface area contributed by atoms with E-state index < -0.39 is 67.2 Å². The summed E-state index contributed by atoms with van der Waals surface area (Å²) in [6.07, 6.45) is -2.38. The van der Waals surface area contributed by atoms with Crippen molar-refractivity contribution in [2.24, 2.45) is 11.8 Å². The number of aliphatic hydroxyl groups excluding tert-OH is 1. The SMILES string of the molecule is C=CC[C@H](CC(=O)NCCCC)C(=O)O[C@@H]1[C@@H](OC(=O)[C@@H](CC=C)CC(=O)NCCCC)[C@@H](OC)O[C@H](CO)[C@H]1OC(=O)Nc1ccccc1. The monoisotopic (exact) mass is 703 g/mol. The van der Waals surface area contributed by atoms with Gasteiger partial charge in [-0.15, -0.1) is 13.2 Å². The second kappa shape index (κ2) is 23.2. The fourth-order valence-electron chi connectivity index (χ4n) is 5.20. The van der Waals surface area contributed by atoms with Gasteiger partial charge in [0.25, 0.3) is 0 Å². The van der Waals surface area contributed by atoms with Crippen molar-refractivity contribution in [2.75, 3.05) is 32.1 Å². The number of anilines is 1. The topological polar surface area (TPSA) is 188 Å². The second-order valence-electron chi connectivity index (χ2n) is 11.9. The van der Waals surface area contributed by atoms with Crippen LogP contribution in [0.2, 0.25) is 0 Å². The van der Waals surface area contributed by atoms with E-state index in [1.165, 1.54) is 19.3 Å². The van der Waals surface area contributed by atoms with Crippen molar-refractivity contribution in [3.05, 3.63) is 55.6 Å². The zero-order valence-corrected chi connectivity index (χ0v) is 29.3. The van der Waals surface area contributed by atoms with Gasteiger partial charge in [-0.3, -0.25) is 24.5 Å². The number of hydrogen-bond donors (Lipinski definition) is 4. The first-order valence-electron chi connectivity index (χ1n) is 17.1. The van der Waals surface area contributed by atoms with Crippen LogP contribution < -0.4 is 16.0 Å². The highest BCUT2D eigenvalue weighted by Crippen LogP contribution is 2.31. The standard InChI is InChI=1S/C36H53N3O11/c1-6-10-19-37-28(41)21-24(15-8-3)33(43)48-31-30(50-36(45)39-26-17-13-12-14-18-26)27(23-40)47-35(46-5)32(31)49-34(44)25(16-9-4)22-29(42)38-20-11-7-2/h8-9,12-14,17-18,24-25,27,30-32,35,40H,3-4,6-7,10-11,15-16,19-23H2,1-2,5H3,(H,37,41)(H,38,42)(H,39,45)/t24-,25+,27-,30-,31+,32-,35+/m1/s1. The summed E-state index contributed by atoms with van der Waals surface area (Å²) in [5.41, 5.74) is 0.394. The molecule has 0 unspecified atom stereocenters. The van der Waals surface area contributed by atoms with Crippen LogP contribution in [-0.4, -0.2) is 92.5 Å². The lowest BCUT2D eigenvalue weighted by molar-refractivity contribution is -0.300. The Kier molecular flexibility index (Phi) is 19.4. The van der Waals surface area contributed by atoms with Crippen molar-refractivity contribution in [2.45, 2.75) is 95.9 Å². The summed E-state index contributed by atoms with van der Waals surface area (Å²) in [7, 11) is 1.26. The van der Waals surface area contributed by atoms with Crippen LogP contribution in [0.5, 0.6) is 0 Å². The normalized spacial score (nSPS) is 21.1. The summed E-state index contributed by atoms with van der Waals surface area (Å²) >= 11 is 0. The smallest absolute Gasteiger partial charge is 0.412 e. The Morgan fingerprint density at radius 2 is 1.34 bits per heavy atom. The minimum Gasteiger partial charge on any atom is -0.454 e. The molecule has 2 rings (SSSR count). The number of allylic oxidation sites excluding steroid dienone is 2. The number of carbonyl (C=O) groups is 5. The van der Waals surface area contributed by atoms with E-state index in [-0.39, 0.29) is 37.5 Å². The van der Waals surface area contributed by atoms with E-state index in [0.29, 0.717) is 18.8 Å². The molecule has 1 aliphatic rings. The average Bonchev–Trinajstić information content (AvgIpc) is 3.09. The highest BCUT2D eigenvalue weighted by molar-refractivity contribution is 5.85. The molecule has 0 radical (unpaired) electrons. The van der Waals surface area contributed by atoms with Crippen molar-refractivity contribution in [1.82, 2.24) is 10.6 Å². The first-order chi connectivity index (χ1) is 24.1. The van der Waals surface area contributed by atoms with Gasteiger partial charge in [0, 0.05) is 38.7 Å². The molecule has 278 valence electrons. The van der Waals surface area contributed by atoms with Gasteiger partial charge in [0.1, 0.15) is 6.10 Å². The van der Waals surface area contributed by atoms with Crippen molar-refractivity contribution in [3.63, 3.8) is 0 Å². The number of amides is 3. The fraction of sp³-hybridized carbons (Fsp3) is 0.583. The van der Waals surface area contributed by atoms with Crippen LogP contribution in [0.1, 0.15) is 65.2 Å². The lowest BCUT2D eigenvalue weighted by Crippen LogP contribution is -2.63. The summed E-state index contributed by atoms with van der Waals surface area (Å²) in [4.78, 5) is 65.8. The number of para-hydroxylation sites is 1. The van der Waals surface area contributed by atoms with Gasteiger partial charge in [0.05, 0.1) is 18.4 Å². The van der Waals surface area contributed by atoms with Crippen LogP contribution >= 0.6 is 0 Å². The van der Waals surface area contributed by atoms with E-state index >= 15 is 0 Å². The lowest BCUT2D eigenvalue weighted by Gasteiger charge is -2.44. The molecule has 0 bridgehead atoms. The van der Waals surface area contributed by atoms with E-state index in [1.807, 2.05) is 13.8 Å². The Hall–Kier alpha value is -4.27. The quantitative estimate of drug-likeness (QED) is 0.0596. The van der Waals surface area contributed by atoms with Crippen molar-refractivity contribution in [1.29, 1.82) is 0 Å². The molecular weight excluding hydrogens is 650 g/mol. The van der Waals surface area contributed by atoms with E-state index in [4.69, 9.17) is 23.7 Å². The van der Waals surface area contributed by atoms with Crippen LogP contribution in [0.25, 0.3) is 0 Å². The molecule has 0 aromatic heterocycles. The highest BCUT2D eigenvalue weighted by Gasteiger charge is 2.53. The maximum atomic E-state index is 13.8. The molecule has 0 aliphatic carbocycles. The first-order valence-corrected chi connectivity index (χ1v) is 17.1. The fourth-order valence-corrected chi connectivity index (χ4v) is 5.20. The third-order valence-electron chi connectivity index (χ3n) is 7.91. The van der Waals surface area contributed by atoms with Crippen LogP contribution in [0, 0.1) is 11.8 Å². The molecule has 3 amide bonds. The number of hydrogen-bond acceptors (Lipinski definition) is 11. The van der Waals surface area contributed by atoms with Gasteiger partial charge in [0.2, 0.25) is 11.8 Å². The predicted molar refractivity (Wildman–Crippen MR) is 185 cm³/mol. The van der Waals surface area contributed by atoms with Gasteiger partial charge in [-0.25, -0.2) is 4.79 Å². The number of methoxy groups -OCH3 is 1. The van der Waals surface area contributed by atoms with E-state index in [2.05, 4.69) is 29.1 Å². The number of aliphatic hydroxyl groups is 1. The number of unbranched alkanes of at least 4 members (excludes halogenated alkanes) is 2. The van der Waals surface area contributed by atoms with Crippen LogP contribution in [0.4, 0.5) is 10.5 Å². The maximum absolute atomic E-state index is 13.8. The number of benzene rings is 1. The van der Waals surface area contributed by atoms with Crippen LogP contribution in [0.3, 0.4) is 0 Å². The number of ether oxygens (including phenoxy) is 5. The largest absolute Gasteiger partial charge is 0.454 e. The minimum atomic E-state index is -1.58. The molecule has 14 nitrogen and oxygen atoms in total.